The smallest absolute Gasteiger partial charge is 0.209 e. The molecule has 0 aromatic heterocycles. The number of benzene rings is 3. The first kappa shape index (κ1) is 14.2. The van der Waals surface area contributed by atoms with E-state index in [4.69, 9.17) is 4.74 Å². The van der Waals surface area contributed by atoms with E-state index in [2.05, 4.69) is 6.61 Å². The molecule has 0 bridgehead atoms. The number of ketones is 2. The van der Waals surface area contributed by atoms with Gasteiger partial charge in [-0.25, -0.2) is 0 Å². The predicted octanol–water partition coefficient (Wildman–Crippen LogP) is 4.03. The third kappa shape index (κ3) is 1.92. The van der Waals surface area contributed by atoms with E-state index in [9.17, 15) is 9.59 Å². The molecule has 118 valence electrons. The highest BCUT2D eigenvalue weighted by Gasteiger charge is 2.36. The lowest BCUT2D eigenvalue weighted by atomic mass is 9.78. The first-order valence-corrected chi connectivity index (χ1v) is 8.08. The first-order valence-electron chi connectivity index (χ1n) is 8.08. The zero-order chi connectivity index (χ0) is 17.0. The van der Waals surface area contributed by atoms with Gasteiger partial charge in [-0.05, 0) is 11.6 Å². The van der Waals surface area contributed by atoms with E-state index < -0.39 is 0 Å². The molecule has 0 spiro atoms. The number of rotatable bonds is 1. The van der Waals surface area contributed by atoms with Crippen LogP contribution in [-0.2, 0) is 0 Å². The van der Waals surface area contributed by atoms with Crippen LogP contribution in [0.1, 0.15) is 48.9 Å². The number of hydrogen-bond donors (Lipinski definition) is 0. The van der Waals surface area contributed by atoms with Gasteiger partial charge >= 0.3 is 0 Å². The molecule has 25 heavy (non-hydrogen) atoms. The highest BCUT2D eigenvalue weighted by molar-refractivity contribution is 6.29. The van der Waals surface area contributed by atoms with E-state index in [1.807, 2.05) is 36.4 Å². The third-order valence-corrected chi connectivity index (χ3v) is 4.81. The Morgan fingerprint density at radius 2 is 1.32 bits per heavy atom. The summed E-state index contributed by atoms with van der Waals surface area (Å²) in [6.45, 7) is 2.98. The molecule has 1 heterocycles. The topological polar surface area (TPSA) is 43.4 Å². The summed E-state index contributed by atoms with van der Waals surface area (Å²) in [6.07, 6.45) is 0. The zero-order valence-corrected chi connectivity index (χ0v) is 13.2. The summed E-state index contributed by atoms with van der Waals surface area (Å²) in [4.78, 5) is 26.0. The third-order valence-electron chi connectivity index (χ3n) is 4.81. The summed E-state index contributed by atoms with van der Waals surface area (Å²) >= 11 is 0. The van der Waals surface area contributed by atoms with E-state index >= 15 is 0 Å². The number of para-hydroxylation sites is 1. The van der Waals surface area contributed by atoms with Crippen molar-refractivity contribution in [2.45, 2.75) is 5.92 Å². The Morgan fingerprint density at radius 3 is 2.16 bits per heavy atom. The summed E-state index contributed by atoms with van der Waals surface area (Å²) < 4.78 is 5.54. The van der Waals surface area contributed by atoms with Crippen molar-refractivity contribution in [1.82, 2.24) is 0 Å². The standard InChI is InChI=1S/C22H12O3/c23-21-15-7-1-2-8-16(15)22(24)20-14(9-5-10-17(20)21)18-12-25-19-11-4-3-6-13(18)19/h1-11,18H. The van der Waals surface area contributed by atoms with Gasteiger partial charge in [-0.3, -0.25) is 9.59 Å². The molecule has 0 N–H and O–H groups in total. The minimum atomic E-state index is -0.284. The van der Waals surface area contributed by atoms with E-state index in [0.717, 1.165) is 16.9 Å². The summed E-state index contributed by atoms with van der Waals surface area (Å²) in [6, 6.07) is 20.1. The van der Waals surface area contributed by atoms with Gasteiger partial charge < -0.3 is 4.74 Å². The number of ether oxygens (including phenoxy) is 1. The lowest BCUT2D eigenvalue weighted by Gasteiger charge is -2.22. The second-order valence-corrected chi connectivity index (χ2v) is 6.16. The molecule has 1 atom stereocenters. The molecule has 1 unspecified atom stereocenters. The van der Waals surface area contributed by atoms with E-state index in [1.54, 1.807) is 30.3 Å². The Kier molecular flexibility index (Phi) is 2.92. The van der Waals surface area contributed by atoms with Crippen LogP contribution in [0.25, 0.3) is 0 Å². The van der Waals surface area contributed by atoms with Crippen molar-refractivity contribution in [1.29, 1.82) is 0 Å². The Morgan fingerprint density at radius 1 is 0.680 bits per heavy atom. The second kappa shape index (κ2) is 5.15. The Labute approximate surface area is 144 Å². The van der Waals surface area contributed by atoms with Gasteiger partial charge in [-0.1, -0.05) is 60.7 Å². The van der Waals surface area contributed by atoms with Gasteiger partial charge in [0.15, 0.2) is 11.6 Å². The van der Waals surface area contributed by atoms with Crippen LogP contribution in [0.3, 0.4) is 0 Å². The highest BCUT2D eigenvalue weighted by Crippen LogP contribution is 2.43. The molecule has 0 amide bonds. The van der Waals surface area contributed by atoms with Crippen molar-refractivity contribution >= 4 is 11.6 Å². The van der Waals surface area contributed by atoms with Gasteiger partial charge in [0, 0.05) is 27.8 Å². The fourth-order valence-corrected chi connectivity index (χ4v) is 3.64. The van der Waals surface area contributed by atoms with Gasteiger partial charge in [0.1, 0.15) is 5.75 Å². The minimum absolute atomic E-state index is 0.112. The molecule has 2 radical (unpaired) electrons. The van der Waals surface area contributed by atoms with Crippen molar-refractivity contribution in [3.63, 3.8) is 0 Å². The monoisotopic (exact) mass is 324 g/mol. The molecule has 0 saturated carbocycles. The normalized spacial score (nSPS) is 17.5. The quantitative estimate of drug-likeness (QED) is 0.531. The fourth-order valence-electron chi connectivity index (χ4n) is 3.64. The summed E-state index contributed by atoms with van der Waals surface area (Å²) in [5.41, 5.74) is 3.55. The maximum atomic E-state index is 13.1. The van der Waals surface area contributed by atoms with Crippen molar-refractivity contribution in [3.8, 4) is 5.75 Å². The number of carbonyl (C=O) groups excluding carboxylic acids is 2. The van der Waals surface area contributed by atoms with Crippen LogP contribution in [0.2, 0.25) is 0 Å². The summed E-state index contributed by atoms with van der Waals surface area (Å²) in [7, 11) is 0. The van der Waals surface area contributed by atoms with Gasteiger partial charge in [0.25, 0.3) is 0 Å². The number of fused-ring (bicyclic) bond motifs is 3. The van der Waals surface area contributed by atoms with Crippen LogP contribution in [0.4, 0.5) is 0 Å². The van der Waals surface area contributed by atoms with Crippen LogP contribution in [0, 0.1) is 6.61 Å². The Bertz CT molecular complexity index is 1050. The van der Waals surface area contributed by atoms with Crippen molar-refractivity contribution in [3.05, 3.63) is 107 Å². The summed E-state index contributed by atoms with van der Waals surface area (Å²) in [5, 5.41) is 0. The van der Waals surface area contributed by atoms with Crippen molar-refractivity contribution < 1.29 is 14.3 Å². The lowest BCUT2D eigenvalue weighted by molar-refractivity contribution is 0.0978. The molecular weight excluding hydrogens is 312 g/mol. The van der Waals surface area contributed by atoms with Crippen molar-refractivity contribution in [2.24, 2.45) is 0 Å². The van der Waals surface area contributed by atoms with Gasteiger partial charge in [0.05, 0.1) is 5.92 Å². The molecule has 3 heteroatoms. The second-order valence-electron chi connectivity index (χ2n) is 6.16. The highest BCUT2D eigenvalue weighted by atomic mass is 16.5. The molecule has 0 fully saturated rings. The largest absolute Gasteiger partial charge is 0.477 e. The van der Waals surface area contributed by atoms with Crippen LogP contribution in [0.5, 0.6) is 5.75 Å². The SMILES string of the molecule is O=C1c2ccccc2C(=O)c2c1cccc2C1[C]Oc2ccccc21. The molecule has 2 aliphatic rings. The van der Waals surface area contributed by atoms with Gasteiger partial charge in [-0.2, -0.15) is 0 Å². The van der Waals surface area contributed by atoms with E-state index in [0.29, 0.717) is 22.3 Å². The maximum Gasteiger partial charge on any atom is 0.209 e. The molecule has 0 saturated heterocycles. The maximum absolute atomic E-state index is 13.1. The molecule has 3 aromatic carbocycles. The first-order chi connectivity index (χ1) is 12.3. The van der Waals surface area contributed by atoms with Crippen LogP contribution in [0.15, 0.2) is 66.7 Å². The number of hydrogen-bond acceptors (Lipinski definition) is 3. The predicted molar refractivity (Wildman–Crippen MR) is 91.9 cm³/mol. The van der Waals surface area contributed by atoms with E-state index in [1.165, 1.54) is 0 Å². The van der Waals surface area contributed by atoms with Crippen LogP contribution >= 0.6 is 0 Å². The fraction of sp³-hybridized carbons (Fsp3) is 0.0455. The summed E-state index contributed by atoms with van der Waals surface area (Å²) in [5.74, 6) is 0.222. The average molecular weight is 324 g/mol. The van der Waals surface area contributed by atoms with Gasteiger partial charge in [-0.15, -0.1) is 0 Å². The number of carbonyl (C=O) groups is 2. The lowest BCUT2D eigenvalue weighted by Crippen LogP contribution is -2.23. The van der Waals surface area contributed by atoms with Crippen LogP contribution in [-0.4, -0.2) is 11.6 Å². The molecule has 5 rings (SSSR count). The van der Waals surface area contributed by atoms with Gasteiger partial charge in [0.2, 0.25) is 6.61 Å². The van der Waals surface area contributed by atoms with E-state index in [-0.39, 0.29) is 17.5 Å². The molecule has 1 aliphatic carbocycles. The average Bonchev–Trinajstić information content (AvgIpc) is 3.09. The van der Waals surface area contributed by atoms with Crippen LogP contribution < -0.4 is 4.74 Å². The Balaban J connectivity index is 1.73. The van der Waals surface area contributed by atoms with Crippen molar-refractivity contribution in [2.75, 3.05) is 0 Å². The molecule has 1 aliphatic heterocycles. The Hall–Kier alpha value is -3.20. The molecular formula is C22H12O3. The molecule has 3 aromatic rings. The zero-order valence-electron chi connectivity index (χ0n) is 13.2. The minimum Gasteiger partial charge on any atom is -0.477 e. The molecule has 3 nitrogen and oxygen atoms in total.